The van der Waals surface area contributed by atoms with Gasteiger partial charge in [0.25, 0.3) is 0 Å². The second kappa shape index (κ2) is 8.54. The van der Waals surface area contributed by atoms with E-state index in [4.69, 9.17) is 11.6 Å². The second-order valence-corrected chi connectivity index (χ2v) is 6.86. The van der Waals surface area contributed by atoms with Gasteiger partial charge in [-0.3, -0.25) is 9.69 Å². The molecule has 1 aliphatic carbocycles. The molecule has 122 valence electrons. The fraction of sp³-hybridized carbons (Fsp3) is 0.611. The number of halogens is 1. The minimum absolute atomic E-state index is 0.241. The standard InChI is InChI=1S/C18H27ClN2O/c1-14(2)21(11-9-15-5-3-8-17(19)13-15)12-10-20-18(22)16-6-4-7-16/h3,5,8,13-14,16H,4,6-7,9-12H2,1-2H3,(H,20,22). The quantitative estimate of drug-likeness (QED) is 0.794. The number of rotatable bonds is 8. The zero-order valence-electron chi connectivity index (χ0n) is 13.6. The van der Waals surface area contributed by atoms with Crippen molar-refractivity contribution in [1.82, 2.24) is 10.2 Å². The molecule has 2 rings (SSSR count). The Hall–Kier alpha value is -1.06. The summed E-state index contributed by atoms with van der Waals surface area (Å²) < 4.78 is 0. The van der Waals surface area contributed by atoms with E-state index in [1.54, 1.807) is 0 Å². The highest BCUT2D eigenvalue weighted by molar-refractivity contribution is 6.30. The van der Waals surface area contributed by atoms with Crippen molar-refractivity contribution < 1.29 is 4.79 Å². The van der Waals surface area contributed by atoms with Crippen molar-refractivity contribution in [3.8, 4) is 0 Å². The Kier molecular flexibility index (Phi) is 6.71. The van der Waals surface area contributed by atoms with Gasteiger partial charge in [0.2, 0.25) is 5.91 Å². The topological polar surface area (TPSA) is 32.3 Å². The van der Waals surface area contributed by atoms with Gasteiger partial charge < -0.3 is 5.32 Å². The van der Waals surface area contributed by atoms with Gasteiger partial charge in [0.1, 0.15) is 0 Å². The van der Waals surface area contributed by atoms with E-state index in [0.29, 0.717) is 6.04 Å². The number of hydrogen-bond acceptors (Lipinski definition) is 2. The van der Waals surface area contributed by atoms with Crippen LogP contribution in [0.5, 0.6) is 0 Å². The third-order valence-corrected chi connectivity index (χ3v) is 4.72. The molecule has 1 amide bonds. The molecule has 22 heavy (non-hydrogen) atoms. The zero-order valence-corrected chi connectivity index (χ0v) is 14.4. The smallest absolute Gasteiger partial charge is 0.223 e. The van der Waals surface area contributed by atoms with E-state index in [-0.39, 0.29) is 11.8 Å². The molecule has 1 N–H and O–H groups in total. The van der Waals surface area contributed by atoms with Gasteiger partial charge in [0, 0.05) is 36.6 Å². The van der Waals surface area contributed by atoms with Crippen molar-refractivity contribution in [2.24, 2.45) is 5.92 Å². The lowest BCUT2D eigenvalue weighted by molar-refractivity contribution is -0.127. The Bertz CT molecular complexity index is 486. The molecule has 0 aromatic heterocycles. The molecule has 0 unspecified atom stereocenters. The first-order valence-corrected chi connectivity index (χ1v) is 8.70. The molecule has 0 heterocycles. The van der Waals surface area contributed by atoms with Crippen LogP contribution in [0.3, 0.4) is 0 Å². The molecular formula is C18H27ClN2O. The number of nitrogens with zero attached hydrogens (tertiary/aromatic N) is 1. The summed E-state index contributed by atoms with van der Waals surface area (Å²) in [6, 6.07) is 8.51. The Labute approximate surface area is 139 Å². The lowest BCUT2D eigenvalue weighted by atomic mass is 9.85. The molecule has 1 fully saturated rings. The van der Waals surface area contributed by atoms with Crippen LogP contribution in [-0.4, -0.2) is 36.5 Å². The van der Waals surface area contributed by atoms with Crippen molar-refractivity contribution in [2.75, 3.05) is 19.6 Å². The first-order chi connectivity index (χ1) is 10.6. The maximum absolute atomic E-state index is 11.8. The number of carbonyl (C=O) groups excluding carboxylic acids is 1. The largest absolute Gasteiger partial charge is 0.355 e. The summed E-state index contributed by atoms with van der Waals surface area (Å²) in [4.78, 5) is 14.3. The van der Waals surface area contributed by atoms with Gasteiger partial charge in [0.15, 0.2) is 0 Å². The molecule has 0 radical (unpaired) electrons. The van der Waals surface area contributed by atoms with Crippen LogP contribution in [0, 0.1) is 5.92 Å². The van der Waals surface area contributed by atoms with Crippen LogP contribution in [0.15, 0.2) is 24.3 Å². The van der Waals surface area contributed by atoms with Crippen LogP contribution in [0.4, 0.5) is 0 Å². The summed E-state index contributed by atoms with van der Waals surface area (Å²) in [5.41, 5.74) is 1.26. The van der Waals surface area contributed by atoms with Crippen molar-refractivity contribution in [3.63, 3.8) is 0 Å². The van der Waals surface area contributed by atoms with E-state index in [1.165, 1.54) is 12.0 Å². The van der Waals surface area contributed by atoms with Crippen LogP contribution < -0.4 is 5.32 Å². The molecule has 1 saturated carbocycles. The minimum Gasteiger partial charge on any atom is -0.355 e. The molecule has 0 bridgehead atoms. The van der Waals surface area contributed by atoms with Gasteiger partial charge in [0.05, 0.1) is 0 Å². The third-order valence-electron chi connectivity index (χ3n) is 4.48. The normalized spacial score (nSPS) is 15.1. The second-order valence-electron chi connectivity index (χ2n) is 6.43. The number of carbonyl (C=O) groups is 1. The molecule has 0 saturated heterocycles. The van der Waals surface area contributed by atoms with E-state index >= 15 is 0 Å². The van der Waals surface area contributed by atoms with E-state index in [1.807, 2.05) is 18.2 Å². The molecule has 0 spiro atoms. The van der Waals surface area contributed by atoms with Crippen molar-refractivity contribution in [2.45, 2.75) is 45.6 Å². The lowest BCUT2D eigenvalue weighted by Gasteiger charge is -2.28. The maximum atomic E-state index is 11.8. The summed E-state index contributed by atoms with van der Waals surface area (Å²) in [6.45, 7) is 7.02. The molecule has 0 atom stereocenters. The highest BCUT2D eigenvalue weighted by Gasteiger charge is 2.24. The Morgan fingerprint density at radius 3 is 2.73 bits per heavy atom. The van der Waals surface area contributed by atoms with Crippen molar-refractivity contribution in [1.29, 1.82) is 0 Å². The zero-order chi connectivity index (χ0) is 15.9. The molecule has 1 aromatic carbocycles. The molecule has 0 aliphatic heterocycles. The van der Waals surface area contributed by atoms with Crippen LogP contribution in [0.2, 0.25) is 5.02 Å². The SMILES string of the molecule is CC(C)N(CCNC(=O)C1CCC1)CCc1cccc(Cl)c1. The molecule has 1 aromatic rings. The highest BCUT2D eigenvalue weighted by Crippen LogP contribution is 2.26. The van der Waals surface area contributed by atoms with Gasteiger partial charge in [-0.15, -0.1) is 0 Å². The van der Waals surface area contributed by atoms with E-state index in [9.17, 15) is 4.79 Å². The number of hydrogen-bond donors (Lipinski definition) is 1. The van der Waals surface area contributed by atoms with Crippen molar-refractivity contribution >= 4 is 17.5 Å². The monoisotopic (exact) mass is 322 g/mol. The number of amides is 1. The van der Waals surface area contributed by atoms with E-state index in [0.717, 1.165) is 43.9 Å². The van der Waals surface area contributed by atoms with Gasteiger partial charge in [-0.05, 0) is 50.8 Å². The highest BCUT2D eigenvalue weighted by atomic mass is 35.5. The third kappa shape index (κ3) is 5.29. The van der Waals surface area contributed by atoms with E-state index in [2.05, 4.69) is 30.1 Å². The summed E-state index contributed by atoms with van der Waals surface area (Å²) in [6.07, 6.45) is 4.31. The van der Waals surface area contributed by atoms with Crippen LogP contribution in [0.25, 0.3) is 0 Å². The number of nitrogens with one attached hydrogen (secondary N) is 1. The molecule has 4 heteroatoms. The Balaban J connectivity index is 1.73. The first kappa shape index (κ1) is 17.3. The van der Waals surface area contributed by atoms with Gasteiger partial charge in [-0.2, -0.15) is 0 Å². The average Bonchev–Trinajstić information content (AvgIpc) is 2.40. The fourth-order valence-electron chi connectivity index (χ4n) is 2.73. The number of benzene rings is 1. The van der Waals surface area contributed by atoms with Crippen LogP contribution >= 0.6 is 11.6 Å². The fourth-order valence-corrected chi connectivity index (χ4v) is 2.94. The van der Waals surface area contributed by atoms with Gasteiger partial charge >= 0.3 is 0 Å². The van der Waals surface area contributed by atoms with Crippen LogP contribution in [-0.2, 0) is 11.2 Å². The van der Waals surface area contributed by atoms with Crippen molar-refractivity contribution in [3.05, 3.63) is 34.9 Å². The predicted octanol–water partition coefficient (Wildman–Crippen LogP) is 3.51. The summed E-state index contributed by atoms with van der Waals surface area (Å²) >= 11 is 6.03. The lowest BCUT2D eigenvalue weighted by Crippen LogP contribution is -2.42. The Morgan fingerprint density at radius 2 is 2.14 bits per heavy atom. The summed E-state index contributed by atoms with van der Waals surface area (Å²) in [5, 5.41) is 3.87. The maximum Gasteiger partial charge on any atom is 0.223 e. The molecular weight excluding hydrogens is 296 g/mol. The summed E-state index contributed by atoms with van der Waals surface area (Å²) in [5.74, 6) is 0.517. The summed E-state index contributed by atoms with van der Waals surface area (Å²) in [7, 11) is 0. The predicted molar refractivity (Wildman–Crippen MR) is 92.2 cm³/mol. The first-order valence-electron chi connectivity index (χ1n) is 8.32. The van der Waals surface area contributed by atoms with Gasteiger partial charge in [-0.25, -0.2) is 0 Å². The average molecular weight is 323 g/mol. The van der Waals surface area contributed by atoms with E-state index < -0.39 is 0 Å². The molecule has 3 nitrogen and oxygen atoms in total. The van der Waals surface area contributed by atoms with Gasteiger partial charge in [-0.1, -0.05) is 30.2 Å². The van der Waals surface area contributed by atoms with Crippen LogP contribution in [0.1, 0.15) is 38.7 Å². The minimum atomic E-state index is 0.241. The molecule has 1 aliphatic rings. The Morgan fingerprint density at radius 1 is 1.36 bits per heavy atom.